The molecular formula is C15H14NOS2+. The lowest BCUT2D eigenvalue weighted by molar-refractivity contribution is -0.676. The van der Waals surface area contributed by atoms with Gasteiger partial charge in [0.25, 0.3) is 4.34 Å². The summed E-state index contributed by atoms with van der Waals surface area (Å²) in [5.41, 5.74) is 3.57. The summed E-state index contributed by atoms with van der Waals surface area (Å²) in [7, 11) is 2.10. The number of benzene rings is 2. The van der Waals surface area contributed by atoms with Crippen LogP contribution in [0.3, 0.4) is 0 Å². The van der Waals surface area contributed by atoms with E-state index in [4.69, 9.17) is 0 Å². The Hall–Kier alpha value is -1.52. The first-order chi connectivity index (χ1) is 9.19. The summed E-state index contributed by atoms with van der Waals surface area (Å²) in [6, 6.07) is 13.8. The fourth-order valence-corrected chi connectivity index (χ4v) is 4.04. The fourth-order valence-electron chi connectivity index (χ4n) is 2.15. The van der Waals surface area contributed by atoms with E-state index in [9.17, 15) is 5.11 Å². The third-order valence-corrected chi connectivity index (χ3v) is 5.54. The van der Waals surface area contributed by atoms with Gasteiger partial charge in [-0.1, -0.05) is 23.5 Å². The molecule has 0 aliphatic rings. The molecule has 0 bridgehead atoms. The molecule has 0 fully saturated rings. The van der Waals surface area contributed by atoms with Gasteiger partial charge in [-0.2, -0.15) is 4.57 Å². The molecule has 19 heavy (non-hydrogen) atoms. The average molecular weight is 288 g/mol. The van der Waals surface area contributed by atoms with Gasteiger partial charge in [0.2, 0.25) is 5.52 Å². The van der Waals surface area contributed by atoms with Gasteiger partial charge in [0, 0.05) is 6.07 Å². The molecule has 96 valence electrons. The number of hydrogen-bond donors (Lipinski definition) is 1. The highest BCUT2D eigenvalue weighted by atomic mass is 32.2. The van der Waals surface area contributed by atoms with Crippen LogP contribution >= 0.6 is 23.1 Å². The molecule has 0 radical (unpaired) electrons. The van der Waals surface area contributed by atoms with Crippen molar-refractivity contribution in [2.24, 2.45) is 7.05 Å². The maximum atomic E-state index is 9.34. The summed E-state index contributed by atoms with van der Waals surface area (Å²) >= 11 is 3.59. The van der Waals surface area contributed by atoms with E-state index < -0.39 is 0 Å². The number of aryl methyl sites for hydroxylation is 1. The van der Waals surface area contributed by atoms with Crippen molar-refractivity contribution in [2.45, 2.75) is 4.34 Å². The lowest BCUT2D eigenvalue weighted by Crippen LogP contribution is -2.27. The van der Waals surface area contributed by atoms with E-state index in [0.29, 0.717) is 5.75 Å². The summed E-state index contributed by atoms with van der Waals surface area (Å²) in [5.74, 6) is 0.303. The highest BCUT2D eigenvalue weighted by Gasteiger charge is 2.16. The summed E-state index contributed by atoms with van der Waals surface area (Å²) in [6.07, 6.45) is 2.10. The fraction of sp³-hybridized carbons (Fsp3) is 0.133. The molecule has 0 spiro atoms. The number of thioether (sulfide) groups is 1. The van der Waals surface area contributed by atoms with Crippen LogP contribution in [0.2, 0.25) is 0 Å². The zero-order valence-corrected chi connectivity index (χ0v) is 12.4. The second-order valence-electron chi connectivity index (χ2n) is 4.36. The lowest BCUT2D eigenvalue weighted by atomic mass is 10.1. The van der Waals surface area contributed by atoms with Gasteiger partial charge in [0.15, 0.2) is 0 Å². The first-order valence-electron chi connectivity index (χ1n) is 5.95. The first-order valence-corrected chi connectivity index (χ1v) is 7.99. The largest absolute Gasteiger partial charge is 0.508 e. The topological polar surface area (TPSA) is 24.1 Å². The summed E-state index contributed by atoms with van der Waals surface area (Å²) < 4.78 is 4.82. The molecule has 0 aliphatic heterocycles. The summed E-state index contributed by atoms with van der Waals surface area (Å²) in [5, 5.41) is 9.34. The minimum absolute atomic E-state index is 0.303. The van der Waals surface area contributed by atoms with Gasteiger partial charge in [-0.3, -0.25) is 0 Å². The Bertz CT molecular complexity index is 732. The van der Waals surface area contributed by atoms with Crippen molar-refractivity contribution >= 4 is 33.3 Å². The van der Waals surface area contributed by atoms with Crippen molar-refractivity contribution in [1.29, 1.82) is 0 Å². The number of phenolic OH excluding ortho intramolecular Hbond substituents is 1. The standard InChI is InChI=1S/C15H13NOS2/c1-16-13-8-5-11(9-14(13)19-15(16)18-2)10-3-6-12(17)7-4-10/h3-9H,1-2H3/p+1. The molecule has 0 unspecified atom stereocenters. The van der Waals surface area contributed by atoms with Crippen LogP contribution in [0.5, 0.6) is 5.75 Å². The number of fused-ring (bicyclic) bond motifs is 1. The van der Waals surface area contributed by atoms with E-state index in [2.05, 4.69) is 36.1 Å². The van der Waals surface area contributed by atoms with E-state index in [1.165, 1.54) is 20.1 Å². The van der Waals surface area contributed by atoms with E-state index in [1.54, 1.807) is 23.9 Å². The van der Waals surface area contributed by atoms with Crippen molar-refractivity contribution in [1.82, 2.24) is 0 Å². The lowest BCUT2D eigenvalue weighted by Gasteiger charge is -2.00. The van der Waals surface area contributed by atoms with Crippen molar-refractivity contribution in [3.63, 3.8) is 0 Å². The van der Waals surface area contributed by atoms with E-state index in [1.807, 2.05) is 23.5 Å². The van der Waals surface area contributed by atoms with Crippen molar-refractivity contribution in [3.05, 3.63) is 42.5 Å². The van der Waals surface area contributed by atoms with Crippen LogP contribution in [0, 0.1) is 0 Å². The Morgan fingerprint density at radius 1 is 1.05 bits per heavy atom. The maximum Gasteiger partial charge on any atom is 0.297 e. The van der Waals surface area contributed by atoms with Crippen molar-refractivity contribution in [3.8, 4) is 16.9 Å². The number of aromatic hydroxyl groups is 1. The van der Waals surface area contributed by atoms with Crippen LogP contribution in [-0.4, -0.2) is 11.4 Å². The first kappa shape index (κ1) is 12.5. The molecule has 4 heteroatoms. The van der Waals surface area contributed by atoms with Gasteiger partial charge in [-0.25, -0.2) is 0 Å². The zero-order valence-electron chi connectivity index (χ0n) is 10.8. The average Bonchev–Trinajstić information content (AvgIpc) is 2.76. The van der Waals surface area contributed by atoms with Crippen LogP contribution in [0.15, 0.2) is 46.8 Å². The predicted octanol–water partition coefficient (Wildman–Crippen LogP) is 3.82. The smallest absolute Gasteiger partial charge is 0.297 e. The molecule has 0 saturated carbocycles. The molecule has 3 rings (SSSR count). The van der Waals surface area contributed by atoms with Gasteiger partial charge >= 0.3 is 0 Å². The molecule has 3 aromatic rings. The number of phenols is 1. The highest BCUT2D eigenvalue weighted by Crippen LogP contribution is 2.30. The number of hydrogen-bond acceptors (Lipinski definition) is 3. The van der Waals surface area contributed by atoms with Crippen molar-refractivity contribution < 1.29 is 9.67 Å². The molecule has 0 aliphatic carbocycles. The highest BCUT2D eigenvalue weighted by molar-refractivity contribution is 8.00. The van der Waals surface area contributed by atoms with E-state index in [-0.39, 0.29) is 0 Å². The predicted molar refractivity (Wildman–Crippen MR) is 81.9 cm³/mol. The third kappa shape index (κ3) is 2.22. The van der Waals surface area contributed by atoms with E-state index in [0.717, 1.165) is 5.56 Å². The Morgan fingerprint density at radius 2 is 1.74 bits per heavy atom. The van der Waals surface area contributed by atoms with Crippen molar-refractivity contribution in [2.75, 3.05) is 6.26 Å². The molecule has 0 atom stereocenters. The van der Waals surface area contributed by atoms with Crippen LogP contribution in [0.25, 0.3) is 21.3 Å². The Balaban J connectivity index is 2.13. The van der Waals surface area contributed by atoms with Gasteiger partial charge in [-0.15, -0.1) is 0 Å². The third-order valence-electron chi connectivity index (χ3n) is 3.17. The molecule has 2 nitrogen and oxygen atoms in total. The molecule has 1 N–H and O–H groups in total. The molecule has 0 saturated heterocycles. The summed E-state index contributed by atoms with van der Waals surface area (Å²) in [4.78, 5) is 0. The molecule has 1 aromatic heterocycles. The van der Waals surface area contributed by atoms with E-state index >= 15 is 0 Å². The van der Waals surface area contributed by atoms with Crippen LogP contribution in [0.1, 0.15) is 0 Å². The van der Waals surface area contributed by atoms with Crippen LogP contribution in [-0.2, 0) is 7.05 Å². The SMILES string of the molecule is CSc1sc2cc(-c3ccc(O)cc3)ccc2[n+]1C. The quantitative estimate of drug-likeness (QED) is 0.572. The zero-order chi connectivity index (χ0) is 13.4. The van der Waals surface area contributed by atoms with Gasteiger partial charge in [0.1, 0.15) is 17.5 Å². The Kier molecular flexibility index (Phi) is 3.21. The number of nitrogens with zero attached hydrogens (tertiary/aromatic N) is 1. The minimum Gasteiger partial charge on any atom is -0.508 e. The number of aromatic nitrogens is 1. The second kappa shape index (κ2) is 4.87. The molecular weight excluding hydrogens is 274 g/mol. The molecule has 0 amide bonds. The Labute approximate surface area is 120 Å². The molecule has 1 heterocycles. The summed E-state index contributed by atoms with van der Waals surface area (Å²) in [6.45, 7) is 0. The molecule has 2 aromatic carbocycles. The van der Waals surface area contributed by atoms with Gasteiger partial charge in [0.05, 0.1) is 0 Å². The minimum atomic E-state index is 0.303. The normalized spacial score (nSPS) is 11.1. The van der Waals surface area contributed by atoms with Crippen LogP contribution < -0.4 is 4.57 Å². The van der Waals surface area contributed by atoms with Gasteiger partial charge < -0.3 is 5.11 Å². The van der Waals surface area contributed by atoms with Crippen LogP contribution in [0.4, 0.5) is 0 Å². The number of rotatable bonds is 2. The van der Waals surface area contributed by atoms with Gasteiger partial charge in [-0.05, 0) is 53.4 Å². The maximum absolute atomic E-state index is 9.34. The second-order valence-corrected chi connectivity index (χ2v) is 6.44. The number of thiazole rings is 1. The monoisotopic (exact) mass is 288 g/mol. The Morgan fingerprint density at radius 3 is 2.42 bits per heavy atom.